The molecular formula is C18H18Cl2N2OS. The summed E-state index contributed by atoms with van der Waals surface area (Å²) in [6.07, 6.45) is 4.96. The van der Waals surface area contributed by atoms with Crippen LogP contribution in [0.1, 0.15) is 17.5 Å². The number of nitrogens with two attached hydrogens (primary N) is 1. The van der Waals surface area contributed by atoms with Gasteiger partial charge in [-0.1, -0.05) is 53.6 Å². The van der Waals surface area contributed by atoms with Gasteiger partial charge >= 0.3 is 0 Å². The Kier molecular flexibility index (Phi) is 7.37. The Bertz CT molecular complexity index is 717. The predicted molar refractivity (Wildman–Crippen MR) is 106 cm³/mol. The second kappa shape index (κ2) is 9.52. The van der Waals surface area contributed by atoms with Crippen LogP contribution in [0.25, 0.3) is 6.08 Å². The molecule has 0 aliphatic carbocycles. The fraction of sp³-hybridized carbons (Fsp3) is 0.167. The number of ether oxygens (including phenoxy) is 1. The van der Waals surface area contributed by atoms with Crippen molar-refractivity contribution >= 4 is 46.6 Å². The van der Waals surface area contributed by atoms with E-state index in [9.17, 15) is 0 Å². The molecular weight excluding hydrogens is 363 g/mol. The van der Waals surface area contributed by atoms with Crippen LogP contribution in [0.4, 0.5) is 0 Å². The van der Waals surface area contributed by atoms with E-state index in [1.54, 1.807) is 12.1 Å². The van der Waals surface area contributed by atoms with E-state index in [0.717, 1.165) is 29.8 Å². The Morgan fingerprint density at radius 3 is 2.58 bits per heavy atom. The van der Waals surface area contributed by atoms with Crippen molar-refractivity contribution in [1.82, 2.24) is 5.32 Å². The van der Waals surface area contributed by atoms with Crippen molar-refractivity contribution in [3.8, 4) is 5.75 Å². The Hall–Kier alpha value is -1.75. The van der Waals surface area contributed by atoms with Crippen LogP contribution >= 0.6 is 35.4 Å². The molecule has 0 amide bonds. The fourth-order valence-electron chi connectivity index (χ4n) is 1.97. The zero-order valence-corrected chi connectivity index (χ0v) is 15.3. The van der Waals surface area contributed by atoms with Crippen LogP contribution in [-0.4, -0.2) is 11.7 Å². The van der Waals surface area contributed by atoms with Gasteiger partial charge in [0.2, 0.25) is 0 Å². The molecule has 0 aromatic heterocycles. The number of hydrogen-bond acceptors (Lipinski definition) is 2. The Labute approximate surface area is 157 Å². The van der Waals surface area contributed by atoms with Gasteiger partial charge in [-0.15, -0.1) is 0 Å². The van der Waals surface area contributed by atoms with Gasteiger partial charge in [-0.2, -0.15) is 0 Å². The van der Waals surface area contributed by atoms with E-state index in [2.05, 4.69) is 11.4 Å². The average molecular weight is 381 g/mol. The molecule has 2 aromatic carbocycles. The highest BCUT2D eigenvalue weighted by atomic mass is 35.5. The number of halogens is 2. The molecule has 0 saturated heterocycles. The third-order valence-corrected chi connectivity index (χ3v) is 3.94. The molecule has 0 unspecified atom stereocenters. The maximum atomic E-state index is 6.13. The minimum Gasteiger partial charge on any atom is -0.489 e. The normalized spacial score (nSPS) is 10.8. The second-order valence-corrected chi connectivity index (χ2v) is 6.36. The summed E-state index contributed by atoms with van der Waals surface area (Å²) in [6.45, 7) is 1.13. The second-order valence-electron chi connectivity index (χ2n) is 5.08. The van der Waals surface area contributed by atoms with Crippen molar-refractivity contribution in [3.63, 3.8) is 0 Å². The Morgan fingerprint density at radius 1 is 1.17 bits per heavy atom. The lowest BCUT2D eigenvalue weighted by molar-refractivity contribution is 0.306. The molecule has 24 heavy (non-hydrogen) atoms. The van der Waals surface area contributed by atoms with E-state index >= 15 is 0 Å². The Morgan fingerprint density at radius 2 is 1.92 bits per heavy atom. The molecule has 126 valence electrons. The van der Waals surface area contributed by atoms with Gasteiger partial charge in [-0.3, -0.25) is 0 Å². The monoisotopic (exact) mass is 380 g/mol. The van der Waals surface area contributed by atoms with Crippen molar-refractivity contribution in [2.45, 2.75) is 13.0 Å². The molecule has 0 fully saturated rings. The van der Waals surface area contributed by atoms with Crippen molar-refractivity contribution in [2.24, 2.45) is 5.73 Å². The minimum absolute atomic E-state index is 0.325. The van der Waals surface area contributed by atoms with Gasteiger partial charge in [0.05, 0.1) is 0 Å². The summed E-state index contributed by atoms with van der Waals surface area (Å²) in [5.41, 5.74) is 7.35. The van der Waals surface area contributed by atoms with Crippen LogP contribution in [-0.2, 0) is 6.61 Å². The minimum atomic E-state index is 0.325. The molecule has 0 atom stereocenters. The lowest BCUT2D eigenvalue weighted by Crippen LogP contribution is -2.29. The van der Waals surface area contributed by atoms with Crippen molar-refractivity contribution < 1.29 is 4.74 Å². The summed E-state index contributed by atoms with van der Waals surface area (Å²) < 4.78 is 5.75. The summed E-state index contributed by atoms with van der Waals surface area (Å²) >= 11 is 16.8. The lowest BCUT2D eigenvalue weighted by atomic mass is 10.2. The topological polar surface area (TPSA) is 47.3 Å². The number of hydrogen-bond donors (Lipinski definition) is 2. The SMILES string of the molecule is NC(=S)NCC/C=C/c1ccc(OCc2ccc(Cl)cc2Cl)cc1. The molecule has 0 radical (unpaired) electrons. The molecule has 2 rings (SSSR count). The summed E-state index contributed by atoms with van der Waals surface area (Å²) in [4.78, 5) is 0. The maximum absolute atomic E-state index is 6.13. The molecule has 3 N–H and O–H groups in total. The predicted octanol–water partition coefficient (Wildman–Crippen LogP) is 4.81. The van der Waals surface area contributed by atoms with Gasteiger partial charge in [0, 0.05) is 22.2 Å². The van der Waals surface area contributed by atoms with E-state index in [-0.39, 0.29) is 0 Å². The van der Waals surface area contributed by atoms with Gasteiger partial charge in [0.25, 0.3) is 0 Å². The van der Waals surface area contributed by atoms with Gasteiger partial charge in [0.1, 0.15) is 12.4 Å². The van der Waals surface area contributed by atoms with Crippen LogP contribution in [0.5, 0.6) is 5.75 Å². The van der Waals surface area contributed by atoms with Gasteiger partial charge in [-0.05, 0) is 48.5 Å². The Balaban J connectivity index is 1.83. The number of rotatable bonds is 7. The molecule has 3 nitrogen and oxygen atoms in total. The van der Waals surface area contributed by atoms with E-state index in [1.807, 2.05) is 36.4 Å². The first kappa shape index (κ1) is 18.6. The first-order chi connectivity index (χ1) is 11.5. The fourth-order valence-corrected chi connectivity index (χ4v) is 2.54. The summed E-state index contributed by atoms with van der Waals surface area (Å²) in [5, 5.41) is 4.44. The quantitative estimate of drug-likeness (QED) is 0.534. The highest BCUT2D eigenvalue weighted by Crippen LogP contribution is 2.23. The van der Waals surface area contributed by atoms with Crippen molar-refractivity contribution in [2.75, 3.05) is 6.54 Å². The zero-order valence-electron chi connectivity index (χ0n) is 13.0. The molecule has 0 heterocycles. The lowest BCUT2D eigenvalue weighted by Gasteiger charge is -2.08. The number of benzene rings is 2. The van der Waals surface area contributed by atoms with E-state index < -0.39 is 0 Å². The first-order valence-electron chi connectivity index (χ1n) is 7.41. The summed E-state index contributed by atoms with van der Waals surface area (Å²) in [6, 6.07) is 13.2. The third-order valence-electron chi connectivity index (χ3n) is 3.21. The smallest absolute Gasteiger partial charge is 0.163 e. The molecule has 2 aromatic rings. The van der Waals surface area contributed by atoms with Crippen molar-refractivity contribution in [1.29, 1.82) is 0 Å². The van der Waals surface area contributed by atoms with Crippen LogP contribution in [0.2, 0.25) is 10.0 Å². The summed E-state index contributed by atoms with van der Waals surface area (Å²) in [7, 11) is 0. The largest absolute Gasteiger partial charge is 0.489 e. The van der Waals surface area contributed by atoms with Crippen LogP contribution in [0, 0.1) is 0 Å². The van der Waals surface area contributed by atoms with Crippen LogP contribution in [0.15, 0.2) is 48.5 Å². The standard InChI is InChI=1S/C18H18Cl2N2OS/c19-15-7-6-14(17(20)11-15)12-23-16-8-4-13(5-9-16)3-1-2-10-22-18(21)24/h1,3-9,11H,2,10,12H2,(H3,21,22,24)/b3-1+. The van der Waals surface area contributed by atoms with E-state index in [1.165, 1.54) is 0 Å². The number of thiocarbonyl (C=S) groups is 1. The summed E-state index contributed by atoms with van der Waals surface area (Å²) in [5.74, 6) is 0.785. The van der Waals surface area contributed by atoms with Crippen LogP contribution < -0.4 is 15.8 Å². The highest BCUT2D eigenvalue weighted by molar-refractivity contribution is 7.80. The molecule has 0 saturated carbocycles. The van der Waals surface area contributed by atoms with Crippen LogP contribution in [0.3, 0.4) is 0 Å². The average Bonchev–Trinajstić information content (AvgIpc) is 2.54. The highest BCUT2D eigenvalue weighted by Gasteiger charge is 2.02. The molecule has 6 heteroatoms. The van der Waals surface area contributed by atoms with Gasteiger partial charge in [-0.25, -0.2) is 0 Å². The first-order valence-corrected chi connectivity index (χ1v) is 8.57. The maximum Gasteiger partial charge on any atom is 0.163 e. The molecule has 0 spiro atoms. The molecule has 0 aliphatic rings. The number of nitrogens with one attached hydrogen (secondary N) is 1. The third kappa shape index (κ3) is 6.40. The van der Waals surface area contributed by atoms with Gasteiger partial charge < -0.3 is 15.8 Å². The van der Waals surface area contributed by atoms with Gasteiger partial charge in [0.15, 0.2) is 5.11 Å². The van der Waals surface area contributed by atoms with Crippen molar-refractivity contribution in [3.05, 3.63) is 69.7 Å². The molecule has 0 bridgehead atoms. The van der Waals surface area contributed by atoms with E-state index in [0.29, 0.717) is 21.8 Å². The van der Waals surface area contributed by atoms with E-state index in [4.69, 9.17) is 45.9 Å². The zero-order chi connectivity index (χ0) is 17.4. The molecule has 0 aliphatic heterocycles.